The van der Waals surface area contributed by atoms with E-state index >= 15 is 0 Å². The van der Waals surface area contributed by atoms with Gasteiger partial charge in [0.1, 0.15) is 5.75 Å². The van der Waals surface area contributed by atoms with Crippen LogP contribution in [0.1, 0.15) is 16.0 Å². The van der Waals surface area contributed by atoms with Gasteiger partial charge in [-0.05, 0) is 57.7 Å². The maximum atomic E-state index is 5.25. The highest BCUT2D eigenvalue weighted by molar-refractivity contribution is 9.11. The van der Waals surface area contributed by atoms with Gasteiger partial charge in [0.2, 0.25) is 0 Å². The molecular formula is C15H13Br3O. The normalized spacial score (nSPS) is 12.2. The summed E-state index contributed by atoms with van der Waals surface area (Å²) >= 11 is 10.8. The van der Waals surface area contributed by atoms with Gasteiger partial charge in [0.05, 0.1) is 11.6 Å². The van der Waals surface area contributed by atoms with E-state index in [0.717, 1.165) is 21.1 Å². The number of benzene rings is 2. The van der Waals surface area contributed by atoms with Crippen LogP contribution in [0.5, 0.6) is 5.75 Å². The Hall–Kier alpha value is -0.320. The van der Waals surface area contributed by atoms with Crippen LogP contribution >= 0.6 is 47.8 Å². The predicted molar refractivity (Wildman–Crippen MR) is 90.2 cm³/mol. The zero-order valence-corrected chi connectivity index (χ0v) is 15.1. The molecule has 4 heteroatoms. The topological polar surface area (TPSA) is 9.23 Å². The molecule has 1 nitrogen and oxygen atoms in total. The van der Waals surface area contributed by atoms with Crippen molar-refractivity contribution in [1.29, 1.82) is 0 Å². The van der Waals surface area contributed by atoms with Crippen LogP contribution in [0.15, 0.2) is 51.4 Å². The molecule has 0 saturated heterocycles. The maximum absolute atomic E-state index is 5.25. The first-order chi connectivity index (χ1) is 9.10. The molecule has 0 aliphatic heterocycles. The minimum Gasteiger partial charge on any atom is -0.496 e. The van der Waals surface area contributed by atoms with Crippen LogP contribution < -0.4 is 4.74 Å². The lowest BCUT2D eigenvalue weighted by molar-refractivity contribution is 0.412. The molecule has 0 aromatic heterocycles. The van der Waals surface area contributed by atoms with Gasteiger partial charge >= 0.3 is 0 Å². The monoisotopic (exact) mass is 446 g/mol. The summed E-state index contributed by atoms with van der Waals surface area (Å²) < 4.78 is 7.33. The fourth-order valence-electron chi connectivity index (χ4n) is 1.87. The number of hydrogen-bond donors (Lipinski definition) is 0. The van der Waals surface area contributed by atoms with Crippen molar-refractivity contribution in [3.63, 3.8) is 0 Å². The Morgan fingerprint density at radius 2 is 1.89 bits per heavy atom. The van der Waals surface area contributed by atoms with Crippen molar-refractivity contribution in [3.05, 3.63) is 62.5 Å². The molecule has 0 saturated carbocycles. The van der Waals surface area contributed by atoms with E-state index in [2.05, 4.69) is 78.1 Å². The summed E-state index contributed by atoms with van der Waals surface area (Å²) in [4.78, 5) is 0.281. The van der Waals surface area contributed by atoms with Crippen molar-refractivity contribution in [1.82, 2.24) is 0 Å². The van der Waals surface area contributed by atoms with Gasteiger partial charge in [0.25, 0.3) is 0 Å². The molecule has 0 radical (unpaired) electrons. The Labute approximate surface area is 138 Å². The van der Waals surface area contributed by atoms with Gasteiger partial charge in [-0.25, -0.2) is 0 Å². The molecule has 0 N–H and O–H groups in total. The fourth-order valence-corrected chi connectivity index (χ4v) is 3.53. The minimum absolute atomic E-state index is 0.281. The van der Waals surface area contributed by atoms with Crippen LogP contribution in [0.25, 0.3) is 0 Å². The van der Waals surface area contributed by atoms with Crippen LogP contribution in [-0.4, -0.2) is 7.11 Å². The number of rotatable bonds is 4. The average molecular weight is 449 g/mol. The molecule has 0 spiro atoms. The van der Waals surface area contributed by atoms with E-state index in [4.69, 9.17) is 4.74 Å². The van der Waals surface area contributed by atoms with E-state index in [9.17, 15) is 0 Å². The average Bonchev–Trinajstić information content (AvgIpc) is 2.38. The molecule has 19 heavy (non-hydrogen) atoms. The van der Waals surface area contributed by atoms with E-state index in [1.807, 2.05) is 12.1 Å². The molecule has 1 atom stereocenters. The molecule has 0 aliphatic rings. The Balaban J connectivity index is 2.15. The number of ether oxygens (including phenoxy) is 1. The first-order valence-electron chi connectivity index (χ1n) is 5.82. The van der Waals surface area contributed by atoms with Gasteiger partial charge in [-0.15, -0.1) is 0 Å². The van der Waals surface area contributed by atoms with Crippen molar-refractivity contribution >= 4 is 47.8 Å². The van der Waals surface area contributed by atoms with E-state index in [0.29, 0.717) is 0 Å². The quantitative estimate of drug-likeness (QED) is 0.529. The fraction of sp³-hybridized carbons (Fsp3) is 0.200. The SMILES string of the molecule is COc1ccc(C(Br)Cc2cccc(Br)c2)cc1Br. The molecule has 100 valence electrons. The molecule has 2 rings (SSSR count). The van der Waals surface area contributed by atoms with E-state index in [1.165, 1.54) is 11.1 Å². The van der Waals surface area contributed by atoms with Crippen molar-refractivity contribution in [3.8, 4) is 5.75 Å². The van der Waals surface area contributed by atoms with E-state index in [1.54, 1.807) is 7.11 Å². The summed E-state index contributed by atoms with van der Waals surface area (Å²) in [6.45, 7) is 0. The highest BCUT2D eigenvalue weighted by atomic mass is 79.9. The number of methoxy groups -OCH3 is 1. The van der Waals surface area contributed by atoms with Crippen LogP contribution in [0.3, 0.4) is 0 Å². The first-order valence-corrected chi connectivity index (χ1v) is 8.32. The summed E-state index contributed by atoms with van der Waals surface area (Å²) in [5.41, 5.74) is 2.52. The van der Waals surface area contributed by atoms with Crippen LogP contribution in [0.4, 0.5) is 0 Å². The Morgan fingerprint density at radius 3 is 2.53 bits per heavy atom. The number of halogens is 3. The minimum atomic E-state index is 0.281. The van der Waals surface area contributed by atoms with E-state index in [-0.39, 0.29) is 4.83 Å². The Morgan fingerprint density at radius 1 is 1.11 bits per heavy atom. The zero-order chi connectivity index (χ0) is 13.8. The van der Waals surface area contributed by atoms with Gasteiger partial charge in [-0.1, -0.05) is 50.1 Å². The lowest BCUT2D eigenvalue weighted by atomic mass is 10.0. The third-order valence-corrected chi connectivity index (χ3v) is 4.81. The van der Waals surface area contributed by atoms with Crippen LogP contribution in [0, 0.1) is 0 Å². The molecule has 0 aliphatic carbocycles. The second-order valence-corrected chi connectivity index (χ2v) is 7.07. The number of hydrogen-bond acceptors (Lipinski definition) is 1. The zero-order valence-electron chi connectivity index (χ0n) is 10.4. The van der Waals surface area contributed by atoms with Crippen molar-refractivity contribution < 1.29 is 4.74 Å². The molecule has 2 aromatic rings. The Kier molecular flexibility index (Phi) is 5.48. The smallest absolute Gasteiger partial charge is 0.133 e. The first kappa shape index (κ1) is 15.1. The standard InChI is InChI=1S/C15H13Br3O/c1-19-15-6-5-11(9-14(15)18)13(17)8-10-3-2-4-12(16)7-10/h2-7,9,13H,8H2,1H3. The second-order valence-electron chi connectivity index (χ2n) is 4.20. The van der Waals surface area contributed by atoms with Crippen LogP contribution in [0.2, 0.25) is 0 Å². The summed E-state index contributed by atoms with van der Waals surface area (Å²) in [6.07, 6.45) is 0.943. The van der Waals surface area contributed by atoms with Gasteiger partial charge in [0, 0.05) is 9.30 Å². The molecule has 0 bridgehead atoms. The van der Waals surface area contributed by atoms with Crippen molar-refractivity contribution in [2.75, 3.05) is 7.11 Å². The van der Waals surface area contributed by atoms with Crippen molar-refractivity contribution in [2.45, 2.75) is 11.2 Å². The lowest BCUT2D eigenvalue weighted by Gasteiger charge is -2.12. The molecule has 0 amide bonds. The van der Waals surface area contributed by atoms with Gasteiger partial charge in [-0.3, -0.25) is 0 Å². The predicted octanol–water partition coefficient (Wildman–Crippen LogP) is 5.90. The summed E-state index contributed by atoms with van der Waals surface area (Å²) in [6, 6.07) is 14.5. The molecule has 2 aromatic carbocycles. The number of alkyl halides is 1. The van der Waals surface area contributed by atoms with E-state index < -0.39 is 0 Å². The van der Waals surface area contributed by atoms with Gasteiger partial charge in [-0.2, -0.15) is 0 Å². The largest absolute Gasteiger partial charge is 0.496 e. The molecule has 1 unspecified atom stereocenters. The molecular weight excluding hydrogens is 436 g/mol. The van der Waals surface area contributed by atoms with Crippen molar-refractivity contribution in [2.24, 2.45) is 0 Å². The Bertz CT molecular complexity index is 569. The van der Waals surface area contributed by atoms with Crippen LogP contribution in [-0.2, 0) is 6.42 Å². The second kappa shape index (κ2) is 6.91. The van der Waals surface area contributed by atoms with Gasteiger partial charge < -0.3 is 4.74 Å². The third kappa shape index (κ3) is 4.07. The molecule has 0 fully saturated rings. The highest BCUT2D eigenvalue weighted by Crippen LogP contribution is 2.33. The lowest BCUT2D eigenvalue weighted by Crippen LogP contribution is -1.96. The molecule has 0 heterocycles. The summed E-state index contributed by atoms with van der Waals surface area (Å²) in [5, 5.41) is 0. The summed E-state index contributed by atoms with van der Waals surface area (Å²) in [7, 11) is 1.67. The summed E-state index contributed by atoms with van der Waals surface area (Å²) in [5.74, 6) is 0.853. The third-order valence-electron chi connectivity index (χ3n) is 2.84. The maximum Gasteiger partial charge on any atom is 0.133 e. The highest BCUT2D eigenvalue weighted by Gasteiger charge is 2.11. The van der Waals surface area contributed by atoms with Gasteiger partial charge in [0.15, 0.2) is 0 Å².